The second kappa shape index (κ2) is 10.5. The van der Waals surface area contributed by atoms with Crippen molar-refractivity contribution >= 4 is 40.9 Å². The van der Waals surface area contributed by atoms with Crippen molar-refractivity contribution in [2.75, 3.05) is 10.6 Å². The molecule has 0 fully saturated rings. The second-order valence-corrected chi connectivity index (χ2v) is 8.47. The summed E-state index contributed by atoms with van der Waals surface area (Å²) in [6.07, 6.45) is 1.44. The van der Waals surface area contributed by atoms with Gasteiger partial charge in [0.15, 0.2) is 5.76 Å². The van der Waals surface area contributed by atoms with Gasteiger partial charge in [0.05, 0.1) is 6.26 Å². The third-order valence-corrected chi connectivity index (χ3v) is 6.15. The van der Waals surface area contributed by atoms with Gasteiger partial charge in [0.2, 0.25) is 11.8 Å². The molecule has 0 aliphatic carbocycles. The molecule has 7 nitrogen and oxygen atoms in total. The highest BCUT2D eigenvalue weighted by atomic mass is 32.2. The zero-order valence-corrected chi connectivity index (χ0v) is 18.8. The molecule has 4 rings (SSSR count). The number of benzene rings is 3. The molecule has 1 aromatic heterocycles. The van der Waals surface area contributed by atoms with E-state index in [2.05, 4.69) is 10.6 Å². The van der Waals surface area contributed by atoms with Gasteiger partial charge in [0, 0.05) is 21.8 Å². The quantitative estimate of drug-likeness (QED) is 0.309. The Bertz CT molecular complexity index is 1270. The van der Waals surface area contributed by atoms with E-state index in [1.807, 2.05) is 42.5 Å². The van der Waals surface area contributed by atoms with Crippen LogP contribution in [-0.4, -0.2) is 17.7 Å². The molecule has 0 radical (unpaired) electrons. The van der Waals surface area contributed by atoms with Gasteiger partial charge in [0.1, 0.15) is 5.25 Å². The summed E-state index contributed by atoms with van der Waals surface area (Å²) < 4.78 is 5.10. The van der Waals surface area contributed by atoms with Crippen LogP contribution in [0.15, 0.2) is 107 Å². The van der Waals surface area contributed by atoms with Gasteiger partial charge in [-0.2, -0.15) is 0 Å². The average molecular weight is 472 g/mol. The fraction of sp³-hybridized carbons (Fsp3) is 0.0385. The molecular weight excluding hydrogens is 450 g/mol. The maximum absolute atomic E-state index is 13.2. The number of amides is 3. The van der Waals surface area contributed by atoms with Gasteiger partial charge < -0.3 is 20.8 Å². The third kappa shape index (κ3) is 5.73. The van der Waals surface area contributed by atoms with Crippen molar-refractivity contribution in [1.82, 2.24) is 0 Å². The Kier molecular flexibility index (Phi) is 7.10. The van der Waals surface area contributed by atoms with Gasteiger partial charge in [-0.1, -0.05) is 30.3 Å². The van der Waals surface area contributed by atoms with Gasteiger partial charge >= 0.3 is 0 Å². The van der Waals surface area contributed by atoms with Crippen LogP contribution in [0.2, 0.25) is 0 Å². The number of carbonyl (C=O) groups is 3. The van der Waals surface area contributed by atoms with E-state index in [-0.39, 0.29) is 17.6 Å². The van der Waals surface area contributed by atoms with Crippen LogP contribution < -0.4 is 16.4 Å². The van der Waals surface area contributed by atoms with Crippen molar-refractivity contribution in [3.8, 4) is 0 Å². The Morgan fingerprint density at radius 1 is 0.765 bits per heavy atom. The van der Waals surface area contributed by atoms with E-state index in [1.54, 1.807) is 48.5 Å². The van der Waals surface area contributed by atoms with Crippen molar-refractivity contribution < 1.29 is 18.8 Å². The third-order valence-electron chi connectivity index (χ3n) is 4.89. The van der Waals surface area contributed by atoms with Crippen molar-refractivity contribution in [3.05, 3.63) is 114 Å². The number of nitrogens with two attached hydrogens (primary N) is 1. The molecular formula is C26H21N3O4S. The summed E-state index contributed by atoms with van der Waals surface area (Å²) in [6.45, 7) is 0. The number of primary amides is 1. The topological polar surface area (TPSA) is 114 Å². The highest BCUT2D eigenvalue weighted by Crippen LogP contribution is 2.36. The Balaban J connectivity index is 1.48. The molecule has 1 atom stereocenters. The summed E-state index contributed by atoms with van der Waals surface area (Å²) in [5.74, 6) is -0.852. The first-order valence-electron chi connectivity index (χ1n) is 10.4. The molecule has 8 heteroatoms. The Morgan fingerprint density at radius 3 is 2.03 bits per heavy atom. The minimum atomic E-state index is -0.528. The van der Waals surface area contributed by atoms with Crippen LogP contribution in [0.4, 0.5) is 11.4 Å². The monoisotopic (exact) mass is 471 g/mol. The van der Waals surface area contributed by atoms with Crippen LogP contribution in [0.1, 0.15) is 31.7 Å². The molecule has 4 N–H and O–H groups in total. The normalized spacial score (nSPS) is 11.4. The van der Waals surface area contributed by atoms with E-state index in [4.69, 9.17) is 10.2 Å². The number of carbonyl (C=O) groups excluding carboxylic acids is 3. The summed E-state index contributed by atoms with van der Waals surface area (Å²) in [4.78, 5) is 37.5. The molecule has 0 aliphatic heterocycles. The van der Waals surface area contributed by atoms with Crippen molar-refractivity contribution in [1.29, 1.82) is 0 Å². The second-order valence-electron chi connectivity index (χ2n) is 7.30. The van der Waals surface area contributed by atoms with Crippen LogP contribution >= 0.6 is 11.8 Å². The minimum Gasteiger partial charge on any atom is -0.459 e. The fourth-order valence-electron chi connectivity index (χ4n) is 3.18. The Hall–Kier alpha value is -4.30. The number of rotatable bonds is 8. The van der Waals surface area contributed by atoms with Gasteiger partial charge in [-0.25, -0.2) is 0 Å². The SMILES string of the molecule is NC(=O)c1ccc(NC(=O)C(Sc2ccc(NC(=O)c3ccco3)cc2)c2ccccc2)cc1. The highest BCUT2D eigenvalue weighted by molar-refractivity contribution is 8.00. The largest absolute Gasteiger partial charge is 0.459 e. The maximum atomic E-state index is 13.2. The van der Waals surface area contributed by atoms with E-state index in [9.17, 15) is 14.4 Å². The number of furan rings is 1. The minimum absolute atomic E-state index is 0.210. The van der Waals surface area contributed by atoms with Gasteiger partial charge in [-0.15, -0.1) is 11.8 Å². The molecule has 3 aromatic carbocycles. The number of anilines is 2. The lowest BCUT2D eigenvalue weighted by molar-refractivity contribution is -0.115. The summed E-state index contributed by atoms with van der Waals surface area (Å²) in [6, 6.07) is 26.3. The molecule has 0 spiro atoms. The van der Waals surface area contributed by atoms with Gasteiger partial charge in [-0.3, -0.25) is 14.4 Å². The van der Waals surface area contributed by atoms with E-state index < -0.39 is 11.2 Å². The van der Waals surface area contributed by atoms with Crippen LogP contribution in [0.5, 0.6) is 0 Å². The standard InChI is InChI=1S/C26H21N3O4S/c27-24(30)18-8-10-19(11-9-18)29-26(32)23(17-5-2-1-3-6-17)34-21-14-12-20(13-15-21)28-25(31)22-7-4-16-33-22/h1-16,23H,(H2,27,30)(H,28,31)(H,29,32). The molecule has 0 aliphatic rings. The zero-order chi connectivity index (χ0) is 23.9. The first-order chi connectivity index (χ1) is 16.5. The number of hydrogen-bond donors (Lipinski definition) is 3. The van der Waals surface area contributed by atoms with Crippen molar-refractivity contribution in [2.24, 2.45) is 5.73 Å². The number of hydrogen-bond acceptors (Lipinski definition) is 5. The smallest absolute Gasteiger partial charge is 0.291 e. The lowest BCUT2D eigenvalue weighted by atomic mass is 10.1. The predicted molar refractivity (Wildman–Crippen MR) is 132 cm³/mol. The highest BCUT2D eigenvalue weighted by Gasteiger charge is 2.22. The summed E-state index contributed by atoms with van der Waals surface area (Å²) in [7, 11) is 0. The van der Waals surface area contributed by atoms with E-state index in [0.29, 0.717) is 16.9 Å². The molecule has 4 aromatic rings. The first kappa shape index (κ1) is 22.9. The molecule has 170 valence electrons. The van der Waals surface area contributed by atoms with Crippen LogP contribution in [0.25, 0.3) is 0 Å². The van der Waals surface area contributed by atoms with Crippen LogP contribution in [-0.2, 0) is 4.79 Å². The number of thioether (sulfide) groups is 1. The van der Waals surface area contributed by atoms with Gasteiger partial charge in [0.25, 0.3) is 5.91 Å². The van der Waals surface area contributed by atoms with E-state index in [1.165, 1.54) is 18.0 Å². The molecule has 1 unspecified atom stereocenters. The average Bonchev–Trinajstić information content (AvgIpc) is 3.40. The maximum Gasteiger partial charge on any atom is 0.291 e. The van der Waals surface area contributed by atoms with Crippen LogP contribution in [0.3, 0.4) is 0 Å². The Labute approximate surface area is 200 Å². The van der Waals surface area contributed by atoms with Crippen molar-refractivity contribution in [2.45, 2.75) is 10.1 Å². The lowest BCUT2D eigenvalue weighted by Gasteiger charge is -2.17. The summed E-state index contributed by atoms with van der Waals surface area (Å²) in [5, 5.41) is 5.14. The first-order valence-corrected chi connectivity index (χ1v) is 11.2. The summed E-state index contributed by atoms with van der Waals surface area (Å²) >= 11 is 1.39. The molecule has 1 heterocycles. The summed E-state index contributed by atoms with van der Waals surface area (Å²) in [5.41, 5.74) is 7.66. The molecule has 3 amide bonds. The zero-order valence-electron chi connectivity index (χ0n) is 17.9. The van der Waals surface area contributed by atoms with Crippen molar-refractivity contribution in [3.63, 3.8) is 0 Å². The van der Waals surface area contributed by atoms with E-state index >= 15 is 0 Å². The molecule has 0 saturated carbocycles. The lowest BCUT2D eigenvalue weighted by Crippen LogP contribution is -2.19. The fourth-order valence-corrected chi connectivity index (χ4v) is 4.20. The van der Waals surface area contributed by atoms with Gasteiger partial charge in [-0.05, 0) is 66.2 Å². The van der Waals surface area contributed by atoms with Crippen LogP contribution in [0, 0.1) is 0 Å². The molecule has 0 bridgehead atoms. The van der Waals surface area contributed by atoms with E-state index in [0.717, 1.165) is 10.5 Å². The number of nitrogens with one attached hydrogen (secondary N) is 2. The molecule has 34 heavy (non-hydrogen) atoms. The predicted octanol–water partition coefficient (Wildman–Crippen LogP) is 5.10. The molecule has 0 saturated heterocycles. The Morgan fingerprint density at radius 2 is 1.41 bits per heavy atom.